The van der Waals surface area contributed by atoms with E-state index >= 15 is 0 Å². The van der Waals surface area contributed by atoms with E-state index in [0.29, 0.717) is 0 Å². The summed E-state index contributed by atoms with van der Waals surface area (Å²) in [6.07, 6.45) is 13.4. The van der Waals surface area contributed by atoms with Crippen LogP contribution in [0.3, 0.4) is 0 Å². The average Bonchev–Trinajstić information content (AvgIpc) is 2.49. The fourth-order valence-corrected chi connectivity index (χ4v) is 12.4. The number of unbranched alkanes of at least 4 members (excludes halogenated alkanes) is 2. The van der Waals surface area contributed by atoms with Crippen LogP contribution in [-0.4, -0.2) is 8.07 Å². The normalized spacial score (nSPS) is 29.6. The lowest BCUT2D eigenvalue weighted by atomic mass is 9.78. The van der Waals surface area contributed by atoms with Gasteiger partial charge in [-0.2, -0.15) is 0 Å². The van der Waals surface area contributed by atoms with Crippen molar-refractivity contribution in [1.82, 2.24) is 0 Å². The Kier molecular flexibility index (Phi) is 7.86. The van der Waals surface area contributed by atoms with E-state index in [-0.39, 0.29) is 0 Å². The second-order valence-corrected chi connectivity index (χ2v) is 12.8. The van der Waals surface area contributed by atoms with Crippen LogP contribution in [-0.2, 0) is 0 Å². The highest BCUT2D eigenvalue weighted by molar-refractivity contribution is 6.82. The molecule has 120 valence electrons. The maximum absolute atomic E-state index is 2.53. The molecule has 0 radical (unpaired) electrons. The highest BCUT2D eigenvalue weighted by Crippen LogP contribution is 2.62. The molecule has 0 nitrogen and oxygen atoms in total. The molecule has 2 atom stereocenters. The van der Waals surface area contributed by atoms with Crippen molar-refractivity contribution in [3.05, 3.63) is 0 Å². The van der Waals surface area contributed by atoms with E-state index in [9.17, 15) is 0 Å². The summed E-state index contributed by atoms with van der Waals surface area (Å²) in [5.41, 5.74) is 0. The monoisotopic (exact) mass is 296 g/mol. The van der Waals surface area contributed by atoms with Crippen LogP contribution in [0.25, 0.3) is 0 Å². The molecule has 1 aliphatic rings. The molecule has 0 amide bonds. The van der Waals surface area contributed by atoms with E-state index in [4.69, 9.17) is 0 Å². The molecule has 0 bridgehead atoms. The summed E-state index contributed by atoms with van der Waals surface area (Å²) in [7, 11) is -1.05. The van der Waals surface area contributed by atoms with Gasteiger partial charge in [0, 0.05) is 0 Å². The van der Waals surface area contributed by atoms with Gasteiger partial charge >= 0.3 is 0 Å². The van der Waals surface area contributed by atoms with Gasteiger partial charge in [0.25, 0.3) is 0 Å². The van der Waals surface area contributed by atoms with Crippen molar-refractivity contribution < 1.29 is 0 Å². The summed E-state index contributed by atoms with van der Waals surface area (Å²) in [4.78, 5) is 0. The molecule has 1 heteroatoms. The summed E-state index contributed by atoms with van der Waals surface area (Å²) in [6, 6.07) is 4.72. The molecule has 0 aromatic heterocycles. The standard InChI is InChI=1S/C19H40Si/c1-6-11-12-14-18-15-13-17-20(9-4,10-5)19(18,8-3)16-7-2/h18H,6-17H2,1-5H3. The molecular formula is C19H40Si. The van der Waals surface area contributed by atoms with Crippen LogP contribution >= 0.6 is 0 Å². The van der Waals surface area contributed by atoms with Gasteiger partial charge in [0.1, 0.15) is 0 Å². The molecule has 2 unspecified atom stereocenters. The van der Waals surface area contributed by atoms with E-state index < -0.39 is 8.07 Å². The molecule has 1 heterocycles. The van der Waals surface area contributed by atoms with Gasteiger partial charge in [-0.1, -0.05) is 104 Å². The van der Waals surface area contributed by atoms with Crippen LogP contribution in [0.2, 0.25) is 23.2 Å². The minimum absolute atomic E-state index is 0.789. The van der Waals surface area contributed by atoms with Crippen molar-refractivity contribution in [1.29, 1.82) is 0 Å². The third-order valence-corrected chi connectivity index (χ3v) is 14.0. The zero-order chi connectivity index (χ0) is 15.1. The quantitative estimate of drug-likeness (QED) is 0.307. The van der Waals surface area contributed by atoms with E-state index in [1.54, 1.807) is 31.0 Å². The molecule has 0 spiro atoms. The number of rotatable bonds is 9. The Morgan fingerprint density at radius 2 is 1.65 bits per heavy atom. The molecule has 1 rings (SSSR count). The van der Waals surface area contributed by atoms with Crippen LogP contribution in [0, 0.1) is 5.92 Å². The van der Waals surface area contributed by atoms with E-state index in [1.807, 2.05) is 0 Å². The lowest BCUT2D eigenvalue weighted by molar-refractivity contribution is 0.245. The molecule has 1 saturated heterocycles. The first-order valence-electron chi connectivity index (χ1n) is 9.66. The van der Waals surface area contributed by atoms with Gasteiger partial charge in [-0.25, -0.2) is 0 Å². The first-order valence-corrected chi connectivity index (χ1v) is 12.3. The topological polar surface area (TPSA) is 0 Å². The summed E-state index contributed by atoms with van der Waals surface area (Å²) in [6.45, 7) is 12.4. The maximum Gasteiger partial charge on any atom is 0.0595 e. The molecule has 0 aliphatic carbocycles. The zero-order valence-corrected chi connectivity index (χ0v) is 16.1. The second kappa shape index (κ2) is 8.61. The van der Waals surface area contributed by atoms with Gasteiger partial charge in [0.05, 0.1) is 8.07 Å². The van der Waals surface area contributed by atoms with Gasteiger partial charge in [0.2, 0.25) is 0 Å². The summed E-state index contributed by atoms with van der Waals surface area (Å²) in [5, 5.41) is 0.789. The Labute approximate surface area is 130 Å². The van der Waals surface area contributed by atoms with Gasteiger partial charge in [-0.05, 0) is 17.4 Å². The van der Waals surface area contributed by atoms with E-state index in [0.717, 1.165) is 11.0 Å². The molecule has 0 saturated carbocycles. The molecule has 0 aromatic carbocycles. The lowest BCUT2D eigenvalue weighted by Crippen LogP contribution is -2.53. The molecule has 0 N–H and O–H groups in total. The van der Waals surface area contributed by atoms with Crippen LogP contribution in [0.4, 0.5) is 0 Å². The van der Waals surface area contributed by atoms with Crippen molar-refractivity contribution in [3.8, 4) is 0 Å². The van der Waals surface area contributed by atoms with Crippen LogP contribution in [0.5, 0.6) is 0 Å². The highest BCUT2D eigenvalue weighted by Gasteiger charge is 2.54. The van der Waals surface area contributed by atoms with Crippen molar-refractivity contribution in [2.45, 2.75) is 116 Å². The number of hydrogen-bond donors (Lipinski definition) is 0. The van der Waals surface area contributed by atoms with Gasteiger partial charge in [-0.3, -0.25) is 0 Å². The van der Waals surface area contributed by atoms with Gasteiger partial charge < -0.3 is 0 Å². The Morgan fingerprint density at radius 3 is 2.15 bits per heavy atom. The Morgan fingerprint density at radius 1 is 0.950 bits per heavy atom. The number of hydrogen-bond acceptors (Lipinski definition) is 0. The Bertz CT molecular complexity index is 256. The SMILES string of the molecule is CCCCCC1CCC[Si](CC)(CC)C1(CC)CCC. The van der Waals surface area contributed by atoms with E-state index in [2.05, 4.69) is 34.6 Å². The third-order valence-electron chi connectivity index (χ3n) is 6.88. The lowest BCUT2D eigenvalue weighted by Gasteiger charge is -2.57. The smallest absolute Gasteiger partial charge is 0.0595 e. The fourth-order valence-electron chi connectivity index (χ4n) is 5.77. The van der Waals surface area contributed by atoms with Crippen molar-refractivity contribution in [2.75, 3.05) is 0 Å². The van der Waals surface area contributed by atoms with Gasteiger partial charge in [0.15, 0.2) is 0 Å². The van der Waals surface area contributed by atoms with Crippen molar-refractivity contribution in [3.63, 3.8) is 0 Å². The first-order chi connectivity index (χ1) is 9.66. The summed E-state index contributed by atoms with van der Waals surface area (Å²) >= 11 is 0. The van der Waals surface area contributed by atoms with E-state index in [1.165, 1.54) is 44.9 Å². The third kappa shape index (κ3) is 3.34. The molecule has 1 fully saturated rings. The van der Waals surface area contributed by atoms with Crippen LogP contribution in [0.1, 0.15) is 92.4 Å². The summed E-state index contributed by atoms with van der Waals surface area (Å²) < 4.78 is 0. The second-order valence-electron chi connectivity index (χ2n) is 7.33. The highest BCUT2D eigenvalue weighted by atomic mass is 28.3. The minimum Gasteiger partial charge on any atom is -0.0678 e. The summed E-state index contributed by atoms with van der Waals surface area (Å²) in [5.74, 6) is 1.07. The maximum atomic E-state index is 2.53. The zero-order valence-electron chi connectivity index (χ0n) is 15.1. The molecule has 1 aliphatic heterocycles. The minimum atomic E-state index is -1.05. The molecule has 0 aromatic rings. The average molecular weight is 297 g/mol. The Hall–Kier alpha value is 0.217. The van der Waals surface area contributed by atoms with Gasteiger partial charge in [-0.15, -0.1) is 0 Å². The first kappa shape index (κ1) is 18.3. The van der Waals surface area contributed by atoms with Crippen LogP contribution < -0.4 is 0 Å². The fraction of sp³-hybridized carbons (Fsp3) is 1.00. The van der Waals surface area contributed by atoms with Crippen LogP contribution in [0.15, 0.2) is 0 Å². The largest absolute Gasteiger partial charge is 0.0678 e. The molecule has 20 heavy (non-hydrogen) atoms. The predicted octanol–water partition coefficient (Wildman–Crippen LogP) is 7.42. The van der Waals surface area contributed by atoms with Crippen molar-refractivity contribution >= 4 is 8.07 Å². The molecular weight excluding hydrogens is 256 g/mol. The van der Waals surface area contributed by atoms with Crippen molar-refractivity contribution in [2.24, 2.45) is 5.92 Å². The Balaban J connectivity index is 3.00. The predicted molar refractivity (Wildman–Crippen MR) is 96.3 cm³/mol.